The van der Waals surface area contributed by atoms with E-state index in [2.05, 4.69) is 43.4 Å². The van der Waals surface area contributed by atoms with Crippen molar-refractivity contribution in [2.24, 2.45) is 0 Å². The van der Waals surface area contributed by atoms with E-state index in [0.717, 1.165) is 57.8 Å². The van der Waals surface area contributed by atoms with Gasteiger partial charge in [-0.05, 0) is 38.5 Å². The summed E-state index contributed by atoms with van der Waals surface area (Å²) in [7, 11) is 0. The van der Waals surface area contributed by atoms with Crippen LogP contribution in [0.3, 0.4) is 0 Å². The van der Waals surface area contributed by atoms with Crippen LogP contribution in [0.5, 0.6) is 0 Å². The molecule has 0 aromatic carbocycles. The zero-order chi connectivity index (χ0) is 26.6. The SMILES string of the molecule is CC/C=C\C/C=C\C/C=C\CCCCCCCC(=O)OCC(O)CO[C@@H]1O[C@H](CO)[C@H](O)[C@H](O)[C@H]1O. The van der Waals surface area contributed by atoms with Crippen molar-refractivity contribution < 1.29 is 44.5 Å². The smallest absolute Gasteiger partial charge is 0.305 e. The van der Waals surface area contributed by atoms with Gasteiger partial charge in [0.05, 0.1) is 13.2 Å². The van der Waals surface area contributed by atoms with Gasteiger partial charge in [-0.1, -0.05) is 62.6 Å². The molecule has 9 nitrogen and oxygen atoms in total. The molecule has 0 spiro atoms. The summed E-state index contributed by atoms with van der Waals surface area (Å²) in [6.07, 6.45) is 14.3. The van der Waals surface area contributed by atoms with E-state index in [0.29, 0.717) is 0 Å². The number of unbranched alkanes of at least 4 members (excludes halogenated alkanes) is 5. The van der Waals surface area contributed by atoms with E-state index in [1.165, 1.54) is 0 Å². The van der Waals surface area contributed by atoms with E-state index >= 15 is 0 Å². The lowest BCUT2D eigenvalue weighted by molar-refractivity contribution is -0.305. The highest BCUT2D eigenvalue weighted by atomic mass is 16.7. The Bertz CT molecular complexity index is 647. The van der Waals surface area contributed by atoms with E-state index in [1.54, 1.807) is 0 Å². The highest BCUT2D eigenvalue weighted by Crippen LogP contribution is 2.22. The molecule has 5 N–H and O–H groups in total. The Morgan fingerprint density at radius 2 is 1.50 bits per heavy atom. The molecule has 9 heteroatoms. The fourth-order valence-electron chi connectivity index (χ4n) is 3.61. The van der Waals surface area contributed by atoms with Crippen molar-refractivity contribution in [1.82, 2.24) is 0 Å². The molecule has 6 atom stereocenters. The zero-order valence-corrected chi connectivity index (χ0v) is 21.5. The number of aliphatic hydroxyl groups excluding tert-OH is 5. The third-order valence-corrected chi connectivity index (χ3v) is 5.77. The summed E-state index contributed by atoms with van der Waals surface area (Å²) >= 11 is 0. The highest BCUT2D eigenvalue weighted by molar-refractivity contribution is 5.69. The topological polar surface area (TPSA) is 146 Å². The Kier molecular flexibility index (Phi) is 18.4. The lowest BCUT2D eigenvalue weighted by Crippen LogP contribution is -2.59. The number of rotatable bonds is 19. The number of esters is 1. The van der Waals surface area contributed by atoms with Crippen LogP contribution in [0.15, 0.2) is 36.5 Å². The minimum Gasteiger partial charge on any atom is -0.463 e. The number of hydrogen-bond donors (Lipinski definition) is 5. The average Bonchev–Trinajstić information content (AvgIpc) is 2.88. The molecule has 208 valence electrons. The third-order valence-electron chi connectivity index (χ3n) is 5.77. The van der Waals surface area contributed by atoms with Gasteiger partial charge in [0.25, 0.3) is 0 Å². The van der Waals surface area contributed by atoms with Crippen LogP contribution in [0, 0.1) is 0 Å². The Morgan fingerprint density at radius 3 is 2.19 bits per heavy atom. The number of aliphatic hydroxyl groups is 5. The van der Waals surface area contributed by atoms with Crippen LogP contribution < -0.4 is 0 Å². The monoisotopic (exact) mass is 514 g/mol. The number of hydrogen-bond acceptors (Lipinski definition) is 9. The fraction of sp³-hybridized carbons (Fsp3) is 0.741. The Labute approximate surface area is 215 Å². The van der Waals surface area contributed by atoms with E-state index in [1.807, 2.05) is 0 Å². The molecular formula is C27H46O9. The maximum Gasteiger partial charge on any atom is 0.305 e. The Morgan fingerprint density at radius 1 is 0.861 bits per heavy atom. The molecule has 0 bridgehead atoms. The first kappa shape index (κ1) is 32.4. The van der Waals surface area contributed by atoms with Crippen molar-refractivity contribution in [3.05, 3.63) is 36.5 Å². The average molecular weight is 515 g/mol. The number of ether oxygens (including phenoxy) is 3. The van der Waals surface area contributed by atoms with Crippen LogP contribution in [0.4, 0.5) is 0 Å². The molecular weight excluding hydrogens is 468 g/mol. The van der Waals surface area contributed by atoms with Crippen LogP contribution in [-0.4, -0.2) is 88.1 Å². The summed E-state index contributed by atoms with van der Waals surface area (Å²) < 4.78 is 15.5. The molecule has 1 unspecified atom stereocenters. The van der Waals surface area contributed by atoms with E-state index in [4.69, 9.17) is 19.3 Å². The first-order valence-electron chi connectivity index (χ1n) is 13.1. The van der Waals surface area contributed by atoms with Crippen LogP contribution in [-0.2, 0) is 19.0 Å². The van der Waals surface area contributed by atoms with Crippen molar-refractivity contribution >= 4 is 5.97 Å². The second kappa shape index (κ2) is 20.5. The van der Waals surface area contributed by atoms with Gasteiger partial charge in [-0.2, -0.15) is 0 Å². The third kappa shape index (κ3) is 14.2. The summed E-state index contributed by atoms with van der Waals surface area (Å²) in [6, 6.07) is 0. The molecule has 0 radical (unpaired) electrons. The van der Waals surface area contributed by atoms with E-state index in [9.17, 15) is 25.2 Å². The number of allylic oxidation sites excluding steroid dienone is 6. The second-order valence-corrected chi connectivity index (χ2v) is 8.97. The summed E-state index contributed by atoms with van der Waals surface area (Å²) in [4.78, 5) is 11.9. The van der Waals surface area contributed by atoms with Crippen molar-refractivity contribution in [3.8, 4) is 0 Å². The molecule has 0 amide bonds. The predicted molar refractivity (Wildman–Crippen MR) is 136 cm³/mol. The van der Waals surface area contributed by atoms with Gasteiger partial charge in [0.1, 0.15) is 37.1 Å². The molecule has 1 aliphatic rings. The van der Waals surface area contributed by atoms with Gasteiger partial charge in [-0.3, -0.25) is 4.79 Å². The van der Waals surface area contributed by atoms with Crippen molar-refractivity contribution in [2.45, 2.75) is 108 Å². The second-order valence-electron chi connectivity index (χ2n) is 8.97. The largest absolute Gasteiger partial charge is 0.463 e. The molecule has 1 fully saturated rings. The van der Waals surface area contributed by atoms with E-state index in [-0.39, 0.29) is 19.6 Å². The molecule has 1 rings (SSSR count). The summed E-state index contributed by atoms with van der Waals surface area (Å²) in [6.45, 7) is 0.964. The van der Waals surface area contributed by atoms with Gasteiger partial charge < -0.3 is 39.7 Å². The van der Waals surface area contributed by atoms with Gasteiger partial charge in [0.15, 0.2) is 6.29 Å². The lowest BCUT2D eigenvalue weighted by Gasteiger charge is -2.39. The fourth-order valence-corrected chi connectivity index (χ4v) is 3.61. The van der Waals surface area contributed by atoms with Crippen molar-refractivity contribution in [1.29, 1.82) is 0 Å². The summed E-state index contributed by atoms with van der Waals surface area (Å²) in [5.74, 6) is -0.400. The first-order valence-corrected chi connectivity index (χ1v) is 13.1. The quantitative estimate of drug-likeness (QED) is 0.0995. The Hall–Kier alpha value is -1.59. The van der Waals surface area contributed by atoms with E-state index < -0.39 is 49.4 Å². The number of carbonyl (C=O) groups excluding carboxylic acids is 1. The Balaban J connectivity index is 2.02. The zero-order valence-electron chi connectivity index (χ0n) is 21.5. The molecule has 0 aliphatic carbocycles. The highest BCUT2D eigenvalue weighted by Gasteiger charge is 2.44. The van der Waals surface area contributed by atoms with Gasteiger partial charge in [0, 0.05) is 6.42 Å². The van der Waals surface area contributed by atoms with Gasteiger partial charge in [-0.15, -0.1) is 0 Å². The molecule has 0 aromatic heterocycles. The summed E-state index contributed by atoms with van der Waals surface area (Å²) in [5, 5.41) is 48.5. The molecule has 1 heterocycles. The number of carbonyl (C=O) groups is 1. The van der Waals surface area contributed by atoms with Crippen LogP contribution in [0.25, 0.3) is 0 Å². The molecule has 36 heavy (non-hydrogen) atoms. The predicted octanol–water partition coefficient (Wildman–Crippen LogP) is 2.30. The van der Waals surface area contributed by atoms with Gasteiger partial charge in [0.2, 0.25) is 0 Å². The van der Waals surface area contributed by atoms with Crippen molar-refractivity contribution in [3.63, 3.8) is 0 Å². The minimum absolute atomic E-state index is 0.271. The van der Waals surface area contributed by atoms with Crippen LogP contribution in [0.1, 0.15) is 71.1 Å². The summed E-state index contributed by atoms with van der Waals surface area (Å²) in [5.41, 5.74) is 0. The first-order chi connectivity index (χ1) is 17.4. The standard InChI is InChI=1S/C27H46O9/c1-2-3-4-5-6-7-8-9-10-11-12-13-14-15-16-17-23(30)34-19-21(29)20-35-27-26(33)25(32)24(31)22(18-28)36-27/h3-4,6-7,9-10,21-22,24-29,31-33H,2,5,8,11-20H2,1H3/b4-3-,7-6-,10-9-/t21?,22-,24+,25+,26-,27-/m1/s1. The van der Waals surface area contributed by atoms with Crippen molar-refractivity contribution in [2.75, 3.05) is 19.8 Å². The normalized spacial score (nSPS) is 25.8. The maximum atomic E-state index is 11.9. The van der Waals surface area contributed by atoms with Gasteiger partial charge >= 0.3 is 5.97 Å². The molecule has 1 aliphatic heterocycles. The molecule has 0 aromatic rings. The molecule has 1 saturated heterocycles. The van der Waals surface area contributed by atoms with Crippen LogP contribution in [0.2, 0.25) is 0 Å². The molecule has 0 saturated carbocycles. The van der Waals surface area contributed by atoms with Gasteiger partial charge in [-0.25, -0.2) is 0 Å². The van der Waals surface area contributed by atoms with Crippen LogP contribution >= 0.6 is 0 Å². The lowest BCUT2D eigenvalue weighted by atomic mass is 9.99. The maximum absolute atomic E-state index is 11.9. The minimum atomic E-state index is -1.56.